The lowest BCUT2D eigenvalue weighted by molar-refractivity contribution is -0.123. The van der Waals surface area contributed by atoms with E-state index in [0.29, 0.717) is 22.7 Å². The smallest absolute Gasteiger partial charge is 0.258 e. The van der Waals surface area contributed by atoms with Gasteiger partial charge in [-0.1, -0.05) is 18.5 Å². The Bertz CT molecular complexity index is 1020. The van der Waals surface area contributed by atoms with Gasteiger partial charge in [-0.2, -0.15) is 4.98 Å². The SMILES string of the molecule is CC[C@@H]1CCCCN1c1nc2c(c(=O)[nH]1)[C@@H](C(=O)Nc1ccc(Cl)cc1)CC(=O)N2. The largest absolute Gasteiger partial charge is 0.339 e. The molecule has 2 aliphatic rings. The van der Waals surface area contributed by atoms with E-state index in [4.69, 9.17) is 11.6 Å². The van der Waals surface area contributed by atoms with Crippen molar-refractivity contribution in [2.75, 3.05) is 22.1 Å². The van der Waals surface area contributed by atoms with Crippen LogP contribution < -0.4 is 21.1 Å². The molecule has 158 valence electrons. The molecule has 0 aliphatic carbocycles. The number of halogens is 1. The van der Waals surface area contributed by atoms with Crippen LogP contribution in [0.5, 0.6) is 0 Å². The van der Waals surface area contributed by atoms with Crippen LogP contribution >= 0.6 is 11.6 Å². The number of piperidine rings is 1. The molecule has 0 spiro atoms. The topological polar surface area (TPSA) is 107 Å². The van der Waals surface area contributed by atoms with E-state index in [1.54, 1.807) is 24.3 Å². The average molecular weight is 430 g/mol. The van der Waals surface area contributed by atoms with E-state index < -0.39 is 17.4 Å². The molecule has 4 rings (SSSR count). The Morgan fingerprint density at radius 2 is 2.03 bits per heavy atom. The van der Waals surface area contributed by atoms with Crippen molar-refractivity contribution in [2.45, 2.75) is 51.0 Å². The molecule has 0 radical (unpaired) electrons. The van der Waals surface area contributed by atoms with Crippen LogP contribution in [0.4, 0.5) is 17.5 Å². The quantitative estimate of drug-likeness (QED) is 0.691. The molecule has 2 aliphatic heterocycles. The first-order chi connectivity index (χ1) is 14.5. The molecule has 1 aromatic carbocycles. The van der Waals surface area contributed by atoms with Gasteiger partial charge >= 0.3 is 0 Å². The first-order valence-corrected chi connectivity index (χ1v) is 10.6. The summed E-state index contributed by atoms with van der Waals surface area (Å²) in [6.45, 7) is 2.91. The second-order valence-corrected chi connectivity index (χ2v) is 8.14. The number of nitrogens with one attached hydrogen (secondary N) is 3. The first-order valence-electron chi connectivity index (χ1n) is 10.2. The number of hydrogen-bond donors (Lipinski definition) is 3. The van der Waals surface area contributed by atoms with E-state index in [9.17, 15) is 14.4 Å². The Hall–Kier alpha value is -2.87. The molecule has 2 atom stereocenters. The number of amides is 2. The molecule has 1 saturated heterocycles. The lowest BCUT2D eigenvalue weighted by Crippen LogP contribution is -2.43. The summed E-state index contributed by atoms with van der Waals surface area (Å²) in [7, 11) is 0. The van der Waals surface area contributed by atoms with Crippen molar-refractivity contribution < 1.29 is 9.59 Å². The van der Waals surface area contributed by atoms with Crippen LogP contribution in [0.1, 0.15) is 50.5 Å². The zero-order chi connectivity index (χ0) is 21.3. The lowest BCUT2D eigenvalue weighted by atomic mass is 9.92. The van der Waals surface area contributed by atoms with E-state index >= 15 is 0 Å². The van der Waals surface area contributed by atoms with Crippen LogP contribution in [0.3, 0.4) is 0 Å². The van der Waals surface area contributed by atoms with Gasteiger partial charge in [0, 0.05) is 29.7 Å². The fraction of sp³-hybridized carbons (Fsp3) is 0.429. The molecule has 1 aromatic heterocycles. The zero-order valence-corrected chi connectivity index (χ0v) is 17.5. The summed E-state index contributed by atoms with van der Waals surface area (Å²) in [5, 5.41) is 5.98. The van der Waals surface area contributed by atoms with E-state index in [0.717, 1.165) is 32.2 Å². The minimum absolute atomic E-state index is 0.113. The van der Waals surface area contributed by atoms with Crippen LogP contribution in [0.2, 0.25) is 5.02 Å². The molecule has 3 heterocycles. The molecule has 8 nitrogen and oxygen atoms in total. The van der Waals surface area contributed by atoms with Gasteiger partial charge in [-0.3, -0.25) is 19.4 Å². The Kier molecular flexibility index (Phi) is 5.76. The highest BCUT2D eigenvalue weighted by Crippen LogP contribution is 2.31. The minimum atomic E-state index is -0.918. The molecule has 30 heavy (non-hydrogen) atoms. The molecule has 0 saturated carbocycles. The number of hydrogen-bond acceptors (Lipinski definition) is 5. The van der Waals surface area contributed by atoms with E-state index in [2.05, 4.69) is 32.4 Å². The van der Waals surface area contributed by atoms with Crippen LogP contribution in [0.25, 0.3) is 0 Å². The molecular weight excluding hydrogens is 406 g/mol. The molecule has 1 fully saturated rings. The summed E-state index contributed by atoms with van der Waals surface area (Å²) < 4.78 is 0. The van der Waals surface area contributed by atoms with Crippen molar-refractivity contribution in [3.8, 4) is 0 Å². The Morgan fingerprint density at radius 1 is 1.27 bits per heavy atom. The molecular formula is C21H24ClN5O3. The van der Waals surface area contributed by atoms with Crippen molar-refractivity contribution in [3.05, 3.63) is 45.2 Å². The number of rotatable bonds is 4. The van der Waals surface area contributed by atoms with Gasteiger partial charge in [0.2, 0.25) is 17.8 Å². The predicted octanol–water partition coefficient (Wildman–Crippen LogP) is 3.26. The maximum atomic E-state index is 13.0. The van der Waals surface area contributed by atoms with Gasteiger partial charge in [0.25, 0.3) is 5.56 Å². The van der Waals surface area contributed by atoms with Gasteiger partial charge in [-0.15, -0.1) is 0 Å². The number of benzene rings is 1. The third-order valence-electron chi connectivity index (χ3n) is 5.74. The number of anilines is 3. The molecule has 0 unspecified atom stereocenters. The maximum absolute atomic E-state index is 13.0. The van der Waals surface area contributed by atoms with Crippen molar-refractivity contribution >= 4 is 40.9 Å². The molecule has 3 N–H and O–H groups in total. The number of aromatic amines is 1. The standard InChI is InChI=1S/C21H24ClN5O3/c1-2-14-5-3-4-10-27(14)21-25-18-17(20(30)26-21)15(11-16(28)24-18)19(29)23-13-8-6-12(22)7-9-13/h6-9,14-15H,2-5,10-11H2,1H3,(H,23,29)(H2,24,25,26,28,30)/t14-,15+/m1/s1. The summed E-state index contributed by atoms with van der Waals surface area (Å²) in [6, 6.07) is 6.93. The van der Waals surface area contributed by atoms with Gasteiger partial charge in [0.15, 0.2) is 0 Å². The Morgan fingerprint density at radius 3 is 2.77 bits per heavy atom. The van der Waals surface area contributed by atoms with Crippen LogP contribution in [0, 0.1) is 0 Å². The predicted molar refractivity (Wildman–Crippen MR) is 116 cm³/mol. The molecule has 0 bridgehead atoms. The second kappa shape index (κ2) is 8.47. The highest BCUT2D eigenvalue weighted by molar-refractivity contribution is 6.30. The average Bonchev–Trinajstić information content (AvgIpc) is 2.74. The fourth-order valence-corrected chi connectivity index (χ4v) is 4.31. The van der Waals surface area contributed by atoms with E-state index in [-0.39, 0.29) is 23.7 Å². The molecule has 2 aromatic rings. The highest BCUT2D eigenvalue weighted by atomic mass is 35.5. The van der Waals surface area contributed by atoms with Gasteiger partial charge in [0.05, 0.1) is 11.5 Å². The summed E-state index contributed by atoms with van der Waals surface area (Å²) in [4.78, 5) is 47.6. The van der Waals surface area contributed by atoms with Gasteiger partial charge in [0.1, 0.15) is 5.82 Å². The molecule has 2 amide bonds. The van der Waals surface area contributed by atoms with E-state index in [1.807, 2.05) is 0 Å². The summed E-state index contributed by atoms with van der Waals surface area (Å²) in [5.74, 6) is -1.07. The summed E-state index contributed by atoms with van der Waals surface area (Å²) >= 11 is 5.88. The highest BCUT2D eigenvalue weighted by Gasteiger charge is 2.35. The Labute approximate surface area is 179 Å². The number of fused-ring (bicyclic) bond motifs is 1. The fourth-order valence-electron chi connectivity index (χ4n) is 4.19. The third kappa shape index (κ3) is 4.05. The van der Waals surface area contributed by atoms with Crippen LogP contribution in [-0.2, 0) is 9.59 Å². The number of nitrogens with zero attached hydrogens (tertiary/aromatic N) is 2. The minimum Gasteiger partial charge on any atom is -0.339 e. The number of carbonyl (C=O) groups is 2. The monoisotopic (exact) mass is 429 g/mol. The van der Waals surface area contributed by atoms with Crippen molar-refractivity contribution in [1.29, 1.82) is 0 Å². The first kappa shape index (κ1) is 20.4. The van der Waals surface area contributed by atoms with Gasteiger partial charge in [-0.25, -0.2) is 0 Å². The lowest BCUT2D eigenvalue weighted by Gasteiger charge is -2.36. The van der Waals surface area contributed by atoms with Gasteiger partial charge < -0.3 is 15.5 Å². The second-order valence-electron chi connectivity index (χ2n) is 7.70. The van der Waals surface area contributed by atoms with Crippen molar-refractivity contribution in [3.63, 3.8) is 0 Å². The summed E-state index contributed by atoms with van der Waals surface area (Å²) in [6.07, 6.45) is 4.04. The van der Waals surface area contributed by atoms with Crippen LogP contribution in [0.15, 0.2) is 29.1 Å². The summed E-state index contributed by atoms with van der Waals surface area (Å²) in [5.41, 5.74) is 0.332. The van der Waals surface area contributed by atoms with Gasteiger partial charge in [-0.05, 0) is 49.9 Å². The van der Waals surface area contributed by atoms with Crippen LogP contribution in [-0.4, -0.2) is 34.4 Å². The van der Waals surface area contributed by atoms with Crippen molar-refractivity contribution in [2.24, 2.45) is 0 Å². The normalized spacial score (nSPS) is 21.0. The molecule has 9 heteroatoms. The number of carbonyl (C=O) groups excluding carboxylic acids is 2. The van der Waals surface area contributed by atoms with E-state index in [1.165, 1.54) is 0 Å². The maximum Gasteiger partial charge on any atom is 0.258 e. The number of H-pyrrole nitrogens is 1. The Balaban J connectivity index is 1.65. The number of aromatic nitrogens is 2. The zero-order valence-electron chi connectivity index (χ0n) is 16.7. The van der Waals surface area contributed by atoms with Crippen molar-refractivity contribution in [1.82, 2.24) is 9.97 Å². The third-order valence-corrected chi connectivity index (χ3v) is 5.99.